The lowest BCUT2D eigenvalue weighted by atomic mass is 9.79. The first-order chi connectivity index (χ1) is 9.72. The van der Waals surface area contributed by atoms with Gasteiger partial charge in [-0.3, -0.25) is 16.3 Å². The van der Waals surface area contributed by atoms with E-state index in [9.17, 15) is 4.39 Å². The molecule has 1 aliphatic heterocycles. The van der Waals surface area contributed by atoms with E-state index < -0.39 is 0 Å². The van der Waals surface area contributed by atoms with Crippen molar-refractivity contribution in [3.8, 4) is 0 Å². The Morgan fingerprint density at radius 2 is 2.20 bits per heavy atom. The third-order valence-electron chi connectivity index (χ3n) is 4.78. The number of hydrogen-bond donors (Lipinski definition) is 2. The molecule has 0 radical (unpaired) electrons. The molecule has 20 heavy (non-hydrogen) atoms. The van der Waals surface area contributed by atoms with Gasteiger partial charge in [0, 0.05) is 12.8 Å². The molecule has 4 nitrogen and oxygen atoms in total. The number of nitrogens with zero attached hydrogens (tertiary/aromatic N) is 1. The van der Waals surface area contributed by atoms with Gasteiger partial charge in [0.15, 0.2) is 0 Å². The van der Waals surface area contributed by atoms with Crippen LogP contribution in [0, 0.1) is 11.7 Å². The molecule has 1 saturated carbocycles. The van der Waals surface area contributed by atoms with Crippen molar-refractivity contribution in [1.29, 1.82) is 0 Å². The summed E-state index contributed by atoms with van der Waals surface area (Å²) in [5, 5.41) is 0. The molecule has 5 heteroatoms. The van der Waals surface area contributed by atoms with E-state index >= 15 is 0 Å². The number of hydrogen-bond acceptors (Lipinski definition) is 4. The molecule has 0 bridgehead atoms. The van der Waals surface area contributed by atoms with Crippen LogP contribution in [0.4, 0.5) is 4.39 Å². The Kier molecular flexibility index (Phi) is 4.01. The van der Waals surface area contributed by atoms with Crippen LogP contribution in [-0.2, 0) is 4.74 Å². The zero-order chi connectivity index (χ0) is 14.0. The molecular weight excluding hydrogens is 257 g/mol. The molecule has 1 spiro atoms. The van der Waals surface area contributed by atoms with Crippen LogP contribution in [0.1, 0.15) is 50.1 Å². The Hall–Kier alpha value is -1.04. The highest BCUT2D eigenvalue weighted by Gasteiger charge is 2.42. The first-order valence-corrected chi connectivity index (χ1v) is 7.43. The van der Waals surface area contributed by atoms with Gasteiger partial charge in [0.1, 0.15) is 5.82 Å². The molecule has 1 aromatic rings. The highest BCUT2D eigenvalue weighted by molar-refractivity contribution is 5.16. The summed E-state index contributed by atoms with van der Waals surface area (Å²) in [7, 11) is 0. The smallest absolute Gasteiger partial charge is 0.141 e. The summed E-state index contributed by atoms with van der Waals surface area (Å²) in [6, 6.07) is 1.47. The monoisotopic (exact) mass is 279 g/mol. The highest BCUT2D eigenvalue weighted by atomic mass is 19.1. The van der Waals surface area contributed by atoms with Gasteiger partial charge in [-0.25, -0.2) is 4.39 Å². The molecular formula is C15H22FN3O. The van der Waals surface area contributed by atoms with Crippen LogP contribution in [0.5, 0.6) is 0 Å². The Morgan fingerprint density at radius 3 is 2.90 bits per heavy atom. The van der Waals surface area contributed by atoms with Crippen molar-refractivity contribution in [3.63, 3.8) is 0 Å². The number of halogens is 1. The fourth-order valence-corrected chi connectivity index (χ4v) is 3.82. The van der Waals surface area contributed by atoms with Crippen molar-refractivity contribution in [2.24, 2.45) is 11.8 Å². The molecule has 1 aromatic heterocycles. The van der Waals surface area contributed by atoms with Crippen LogP contribution >= 0.6 is 0 Å². The van der Waals surface area contributed by atoms with E-state index in [4.69, 9.17) is 10.6 Å². The highest BCUT2D eigenvalue weighted by Crippen LogP contribution is 2.45. The summed E-state index contributed by atoms with van der Waals surface area (Å²) >= 11 is 0. The minimum absolute atomic E-state index is 0.0404. The zero-order valence-electron chi connectivity index (χ0n) is 11.6. The third-order valence-corrected chi connectivity index (χ3v) is 4.78. The van der Waals surface area contributed by atoms with Gasteiger partial charge in [0.05, 0.1) is 17.8 Å². The second kappa shape index (κ2) is 5.76. The Bertz CT molecular complexity index is 462. The minimum Gasteiger partial charge on any atom is -0.375 e. The molecule has 2 atom stereocenters. The summed E-state index contributed by atoms with van der Waals surface area (Å²) in [6.45, 7) is 0.769. The molecule has 1 saturated heterocycles. The second-order valence-electron chi connectivity index (χ2n) is 6.07. The normalized spacial score (nSPS) is 26.8. The van der Waals surface area contributed by atoms with E-state index in [2.05, 4.69) is 10.4 Å². The predicted octanol–water partition coefficient (Wildman–Crippen LogP) is 2.46. The van der Waals surface area contributed by atoms with E-state index in [0.717, 1.165) is 37.9 Å². The number of nitrogens with one attached hydrogen (secondary N) is 1. The van der Waals surface area contributed by atoms with Gasteiger partial charge < -0.3 is 4.74 Å². The van der Waals surface area contributed by atoms with Crippen molar-refractivity contribution >= 4 is 0 Å². The predicted molar refractivity (Wildman–Crippen MR) is 74.1 cm³/mol. The average molecular weight is 279 g/mol. The van der Waals surface area contributed by atoms with E-state index in [-0.39, 0.29) is 17.5 Å². The summed E-state index contributed by atoms with van der Waals surface area (Å²) in [4.78, 5) is 3.94. The van der Waals surface area contributed by atoms with Crippen LogP contribution in [0.25, 0.3) is 0 Å². The zero-order valence-corrected chi connectivity index (χ0v) is 11.6. The maximum atomic E-state index is 13.4. The number of pyridine rings is 1. The maximum absolute atomic E-state index is 13.4. The van der Waals surface area contributed by atoms with Gasteiger partial charge in [-0.1, -0.05) is 12.8 Å². The van der Waals surface area contributed by atoms with Crippen molar-refractivity contribution < 1.29 is 9.13 Å². The standard InChI is InChI=1S/C15H22FN3O/c16-13-7-12(9-18-10-13)14(19-17)11-3-6-20-15(8-11)4-1-2-5-15/h7,9-11,14,19H,1-6,8,17H2. The van der Waals surface area contributed by atoms with E-state index in [0.29, 0.717) is 5.92 Å². The first-order valence-electron chi connectivity index (χ1n) is 7.43. The molecule has 3 rings (SSSR count). The fraction of sp³-hybridized carbons (Fsp3) is 0.667. The molecule has 0 amide bonds. The van der Waals surface area contributed by atoms with Crippen LogP contribution in [0.15, 0.2) is 18.5 Å². The maximum Gasteiger partial charge on any atom is 0.141 e. The molecule has 110 valence electrons. The van der Waals surface area contributed by atoms with Crippen LogP contribution in [0.3, 0.4) is 0 Å². The first kappa shape index (κ1) is 13.9. The van der Waals surface area contributed by atoms with Crippen LogP contribution in [-0.4, -0.2) is 17.2 Å². The van der Waals surface area contributed by atoms with Gasteiger partial charge in [0.2, 0.25) is 0 Å². The summed E-state index contributed by atoms with van der Waals surface area (Å²) in [5.74, 6) is 5.79. The minimum atomic E-state index is -0.314. The van der Waals surface area contributed by atoms with Crippen molar-refractivity contribution in [2.45, 2.75) is 50.2 Å². The van der Waals surface area contributed by atoms with E-state index in [1.165, 1.54) is 25.1 Å². The number of rotatable bonds is 3. The van der Waals surface area contributed by atoms with Gasteiger partial charge in [-0.05, 0) is 43.2 Å². The number of hydrazine groups is 1. The second-order valence-corrected chi connectivity index (χ2v) is 6.07. The van der Waals surface area contributed by atoms with Crippen LogP contribution < -0.4 is 11.3 Å². The molecule has 0 aromatic carbocycles. The van der Waals surface area contributed by atoms with Gasteiger partial charge in [-0.2, -0.15) is 0 Å². The van der Waals surface area contributed by atoms with Gasteiger partial charge >= 0.3 is 0 Å². The summed E-state index contributed by atoms with van der Waals surface area (Å²) < 4.78 is 19.4. The summed E-state index contributed by atoms with van der Waals surface area (Å²) in [6.07, 6.45) is 9.64. The Morgan fingerprint density at radius 1 is 1.40 bits per heavy atom. The number of aromatic nitrogens is 1. The quantitative estimate of drug-likeness (QED) is 0.659. The molecule has 2 aliphatic rings. The lowest BCUT2D eigenvalue weighted by Crippen LogP contribution is -2.43. The molecule has 2 unspecified atom stereocenters. The van der Waals surface area contributed by atoms with Gasteiger partial charge in [-0.15, -0.1) is 0 Å². The van der Waals surface area contributed by atoms with Crippen molar-refractivity contribution in [1.82, 2.24) is 10.4 Å². The number of ether oxygens (including phenoxy) is 1. The van der Waals surface area contributed by atoms with Crippen LogP contribution in [0.2, 0.25) is 0 Å². The van der Waals surface area contributed by atoms with Crippen molar-refractivity contribution in [2.75, 3.05) is 6.61 Å². The SMILES string of the molecule is NNC(c1cncc(F)c1)C1CCOC2(CCCC2)C1. The lowest BCUT2D eigenvalue weighted by molar-refractivity contribution is -0.0982. The van der Waals surface area contributed by atoms with Gasteiger partial charge in [0.25, 0.3) is 0 Å². The largest absolute Gasteiger partial charge is 0.375 e. The molecule has 1 aliphatic carbocycles. The molecule has 3 N–H and O–H groups in total. The fourth-order valence-electron chi connectivity index (χ4n) is 3.82. The molecule has 2 fully saturated rings. The van der Waals surface area contributed by atoms with E-state index in [1.807, 2.05) is 0 Å². The van der Waals surface area contributed by atoms with E-state index in [1.54, 1.807) is 6.20 Å². The van der Waals surface area contributed by atoms with Crippen molar-refractivity contribution in [3.05, 3.63) is 29.8 Å². The topological polar surface area (TPSA) is 60.2 Å². The third kappa shape index (κ3) is 2.71. The summed E-state index contributed by atoms with van der Waals surface area (Å²) in [5.41, 5.74) is 3.73. The lowest BCUT2D eigenvalue weighted by Gasteiger charge is -2.41. The Labute approximate surface area is 118 Å². The number of nitrogens with two attached hydrogens (primary N) is 1. The average Bonchev–Trinajstić information content (AvgIpc) is 2.88. The molecule has 2 heterocycles. The Balaban J connectivity index is 1.78.